The maximum Gasteiger partial charge on any atom is 0.0775 e. The van der Waals surface area contributed by atoms with Gasteiger partial charge in [-0.15, -0.1) is 0 Å². The molecule has 1 saturated carbocycles. The Bertz CT molecular complexity index is 856. The highest BCUT2D eigenvalue weighted by Gasteiger charge is 2.28. The lowest BCUT2D eigenvalue weighted by atomic mass is 9.77. The van der Waals surface area contributed by atoms with Crippen LogP contribution in [0.4, 0.5) is 0 Å². The van der Waals surface area contributed by atoms with Crippen molar-refractivity contribution in [3.05, 3.63) is 59.2 Å². The third-order valence-corrected chi connectivity index (χ3v) is 9.05. The third kappa shape index (κ3) is 4.20. The van der Waals surface area contributed by atoms with Crippen molar-refractivity contribution in [3.8, 4) is 11.1 Å². The molecule has 2 aromatic carbocycles. The van der Waals surface area contributed by atoms with Gasteiger partial charge in [0, 0.05) is 0 Å². The Labute approximate surface area is 173 Å². The molecule has 1 heteroatoms. The second-order valence-corrected chi connectivity index (χ2v) is 15.7. The van der Waals surface area contributed by atoms with E-state index in [0.717, 1.165) is 6.42 Å². The Morgan fingerprint density at radius 1 is 0.857 bits per heavy atom. The Hall–Kier alpha value is -1.60. The van der Waals surface area contributed by atoms with Crippen LogP contribution < -0.4 is 5.19 Å². The molecular weight excluding hydrogens is 352 g/mol. The fraction of sp³-hybridized carbons (Fsp3) is 0.481. The number of hydrogen-bond donors (Lipinski definition) is 0. The number of benzene rings is 2. The Kier molecular flexibility index (Phi) is 5.40. The summed E-state index contributed by atoms with van der Waals surface area (Å²) in [5, 5.41) is 1.54. The predicted molar refractivity (Wildman–Crippen MR) is 127 cm³/mol. The Balaban J connectivity index is 1.60. The molecular formula is C27H36Si. The van der Waals surface area contributed by atoms with Gasteiger partial charge in [-0.1, -0.05) is 112 Å². The minimum absolute atomic E-state index is 0.517. The van der Waals surface area contributed by atoms with Crippen LogP contribution >= 0.6 is 0 Å². The van der Waals surface area contributed by atoms with Crippen LogP contribution in [-0.4, -0.2) is 8.07 Å². The van der Waals surface area contributed by atoms with E-state index in [0.29, 0.717) is 5.41 Å². The van der Waals surface area contributed by atoms with Crippen LogP contribution in [0.2, 0.25) is 19.6 Å². The molecule has 0 heterocycles. The maximum absolute atomic E-state index is 2.54. The monoisotopic (exact) mass is 388 g/mol. The smallest absolute Gasteiger partial charge is 0.0656 e. The minimum atomic E-state index is -1.24. The van der Waals surface area contributed by atoms with E-state index in [2.05, 4.69) is 75.1 Å². The van der Waals surface area contributed by atoms with Crippen molar-refractivity contribution in [1.82, 2.24) is 0 Å². The quantitative estimate of drug-likeness (QED) is 0.374. The average molecular weight is 389 g/mol. The highest BCUT2D eigenvalue weighted by molar-refractivity contribution is 6.88. The molecule has 0 bridgehead atoms. The van der Waals surface area contributed by atoms with E-state index in [1.165, 1.54) is 67.2 Å². The van der Waals surface area contributed by atoms with Gasteiger partial charge in [0.15, 0.2) is 0 Å². The first-order valence-corrected chi connectivity index (χ1v) is 14.8. The van der Waals surface area contributed by atoms with Gasteiger partial charge in [-0.3, -0.25) is 0 Å². The molecule has 28 heavy (non-hydrogen) atoms. The third-order valence-electron chi connectivity index (χ3n) is 6.99. The molecule has 0 spiro atoms. The molecule has 0 amide bonds. The molecule has 0 saturated heterocycles. The van der Waals surface area contributed by atoms with Crippen molar-refractivity contribution in [2.24, 2.45) is 5.41 Å². The zero-order chi connectivity index (χ0) is 19.8. The average Bonchev–Trinajstić information content (AvgIpc) is 2.93. The number of rotatable bonds is 4. The van der Waals surface area contributed by atoms with Gasteiger partial charge in [0.05, 0.1) is 8.07 Å². The van der Waals surface area contributed by atoms with Crippen LogP contribution in [-0.2, 0) is 6.42 Å². The molecule has 0 unspecified atom stereocenters. The minimum Gasteiger partial charge on any atom is -0.0656 e. The summed E-state index contributed by atoms with van der Waals surface area (Å²) in [6.45, 7) is 9.81. The first-order chi connectivity index (χ1) is 13.3. The molecule has 0 N–H and O–H groups in total. The largest absolute Gasteiger partial charge is 0.0775 e. The van der Waals surface area contributed by atoms with Crippen molar-refractivity contribution < 1.29 is 0 Å². The molecule has 0 aromatic heterocycles. The standard InChI is InChI=1S/C27H36Si/c1-27(16-7-5-6-8-17-27)20-21-18-23-10-9-11-25(26(23)19-21)22-12-14-24(15-13-22)28(2,3)4/h9-15,19H,5-8,16-18,20H2,1-4H3. The highest BCUT2D eigenvalue weighted by Crippen LogP contribution is 2.43. The molecule has 1 fully saturated rings. The van der Waals surface area contributed by atoms with Crippen molar-refractivity contribution in [3.63, 3.8) is 0 Å². The van der Waals surface area contributed by atoms with E-state index in [1.54, 1.807) is 10.8 Å². The van der Waals surface area contributed by atoms with E-state index in [1.807, 2.05) is 0 Å². The highest BCUT2D eigenvalue weighted by atomic mass is 28.3. The van der Waals surface area contributed by atoms with Crippen molar-refractivity contribution >= 4 is 19.3 Å². The maximum atomic E-state index is 2.54. The summed E-state index contributed by atoms with van der Waals surface area (Å²) in [5.41, 5.74) is 7.97. The van der Waals surface area contributed by atoms with Gasteiger partial charge in [-0.05, 0) is 53.4 Å². The molecule has 2 aliphatic carbocycles. The van der Waals surface area contributed by atoms with E-state index in [9.17, 15) is 0 Å². The topological polar surface area (TPSA) is 0 Å². The van der Waals surface area contributed by atoms with Crippen LogP contribution in [0.25, 0.3) is 17.2 Å². The molecule has 2 aliphatic rings. The molecule has 0 atom stereocenters. The van der Waals surface area contributed by atoms with Gasteiger partial charge in [-0.2, -0.15) is 0 Å². The van der Waals surface area contributed by atoms with Crippen LogP contribution in [0.5, 0.6) is 0 Å². The first kappa shape index (κ1) is 19.7. The van der Waals surface area contributed by atoms with Gasteiger partial charge in [0.1, 0.15) is 0 Å². The summed E-state index contributed by atoms with van der Waals surface area (Å²) in [7, 11) is -1.24. The summed E-state index contributed by atoms with van der Waals surface area (Å²) in [6, 6.07) is 16.3. The lowest BCUT2D eigenvalue weighted by molar-refractivity contribution is 0.274. The van der Waals surface area contributed by atoms with E-state index in [-0.39, 0.29) is 0 Å². The molecule has 0 aliphatic heterocycles. The van der Waals surface area contributed by atoms with Crippen LogP contribution in [0, 0.1) is 5.41 Å². The van der Waals surface area contributed by atoms with Crippen LogP contribution in [0.15, 0.2) is 48.0 Å². The van der Waals surface area contributed by atoms with Gasteiger partial charge in [0.25, 0.3) is 0 Å². The predicted octanol–water partition coefficient (Wildman–Crippen LogP) is 7.59. The summed E-state index contributed by atoms with van der Waals surface area (Å²) < 4.78 is 0. The van der Waals surface area contributed by atoms with Gasteiger partial charge in [0.2, 0.25) is 0 Å². The van der Waals surface area contributed by atoms with Crippen LogP contribution in [0.1, 0.15) is 63.0 Å². The molecule has 0 radical (unpaired) electrons. The van der Waals surface area contributed by atoms with Crippen molar-refractivity contribution in [2.45, 2.75) is 77.9 Å². The zero-order valence-corrected chi connectivity index (χ0v) is 19.3. The Morgan fingerprint density at radius 3 is 2.18 bits per heavy atom. The summed E-state index contributed by atoms with van der Waals surface area (Å²) in [5.74, 6) is 0. The van der Waals surface area contributed by atoms with E-state index >= 15 is 0 Å². The summed E-state index contributed by atoms with van der Waals surface area (Å²) >= 11 is 0. The van der Waals surface area contributed by atoms with Crippen LogP contribution in [0.3, 0.4) is 0 Å². The van der Waals surface area contributed by atoms with E-state index in [4.69, 9.17) is 0 Å². The fourth-order valence-corrected chi connectivity index (χ4v) is 6.43. The second-order valence-electron chi connectivity index (χ2n) is 10.6. The number of fused-ring (bicyclic) bond motifs is 1. The van der Waals surface area contributed by atoms with Crippen molar-refractivity contribution in [1.29, 1.82) is 0 Å². The first-order valence-electron chi connectivity index (χ1n) is 11.3. The number of allylic oxidation sites excluding steroid dienone is 1. The number of hydrogen-bond acceptors (Lipinski definition) is 0. The lowest BCUT2D eigenvalue weighted by Gasteiger charge is -2.28. The SMILES string of the molecule is CC1(CC2=Cc3c(cccc3-c3ccc([Si](C)(C)C)cc3)C2)CCCCCC1. The van der Waals surface area contributed by atoms with Gasteiger partial charge < -0.3 is 0 Å². The van der Waals surface area contributed by atoms with Crippen molar-refractivity contribution in [2.75, 3.05) is 0 Å². The molecule has 2 aromatic rings. The molecule has 0 nitrogen and oxygen atoms in total. The normalized spacial score (nSPS) is 19.1. The lowest BCUT2D eigenvalue weighted by Crippen LogP contribution is -2.37. The molecule has 148 valence electrons. The zero-order valence-electron chi connectivity index (χ0n) is 18.3. The van der Waals surface area contributed by atoms with Gasteiger partial charge >= 0.3 is 0 Å². The van der Waals surface area contributed by atoms with E-state index < -0.39 is 8.07 Å². The Morgan fingerprint density at radius 2 is 1.54 bits per heavy atom. The fourth-order valence-electron chi connectivity index (χ4n) is 5.26. The van der Waals surface area contributed by atoms with Gasteiger partial charge in [-0.25, -0.2) is 0 Å². The second kappa shape index (κ2) is 7.67. The molecule has 4 rings (SSSR count). The summed E-state index contributed by atoms with van der Waals surface area (Å²) in [4.78, 5) is 0. The summed E-state index contributed by atoms with van der Waals surface area (Å²) in [6.07, 6.45) is 13.5.